The van der Waals surface area contributed by atoms with Crippen LogP contribution in [0.15, 0.2) is 70.2 Å². The molecule has 0 radical (unpaired) electrons. The van der Waals surface area contributed by atoms with Gasteiger partial charge in [-0.15, -0.1) is 0 Å². The fourth-order valence-electron chi connectivity index (χ4n) is 4.68. The van der Waals surface area contributed by atoms with E-state index >= 15 is 0 Å². The van der Waals surface area contributed by atoms with Gasteiger partial charge in [-0.3, -0.25) is 9.69 Å². The third-order valence-corrected chi connectivity index (χ3v) is 9.19. The molecule has 2 aromatic carbocycles. The third kappa shape index (κ3) is 4.80. The molecule has 188 valence electrons. The van der Waals surface area contributed by atoms with E-state index in [9.17, 15) is 17.6 Å². The van der Waals surface area contributed by atoms with Gasteiger partial charge in [0.1, 0.15) is 17.1 Å². The highest BCUT2D eigenvalue weighted by Gasteiger charge is 2.32. The average Bonchev–Trinajstić information content (AvgIpc) is 3.52. The highest BCUT2D eigenvalue weighted by molar-refractivity contribution is 7.89. The van der Waals surface area contributed by atoms with Crippen molar-refractivity contribution in [3.05, 3.63) is 78.0 Å². The molecular weight excluding hydrogens is 501 g/mol. The number of sulfonamides is 1. The summed E-state index contributed by atoms with van der Waals surface area (Å²) in [6.07, 6.45) is 2.51. The van der Waals surface area contributed by atoms with E-state index in [-0.39, 0.29) is 28.8 Å². The standard InChI is InChI=1S/C26H26FN3O4S2/c1-17-13-18(2)15-29(14-17)36(32,33)21-10-8-19(9-11-21)25(31)30(16-20-5-4-12-34-20)26-28-24-22(27)6-3-7-23(24)35-26/h3-12,17-18H,13-16H2,1-2H3. The number of hydrogen-bond donors (Lipinski definition) is 0. The number of rotatable bonds is 6. The van der Waals surface area contributed by atoms with E-state index in [1.807, 2.05) is 0 Å². The van der Waals surface area contributed by atoms with E-state index in [0.717, 1.165) is 6.42 Å². The summed E-state index contributed by atoms with van der Waals surface area (Å²) in [7, 11) is -3.66. The number of para-hydroxylation sites is 1. The largest absolute Gasteiger partial charge is 0.467 e. The van der Waals surface area contributed by atoms with Crippen LogP contribution >= 0.6 is 11.3 Å². The number of furan rings is 1. The number of fused-ring (bicyclic) bond motifs is 1. The van der Waals surface area contributed by atoms with Gasteiger partial charge >= 0.3 is 0 Å². The molecule has 2 aromatic heterocycles. The number of hydrogen-bond acceptors (Lipinski definition) is 6. The SMILES string of the molecule is CC1CC(C)CN(S(=O)(=O)c2ccc(C(=O)N(Cc3ccco3)c3nc4c(F)cccc4s3)cc2)C1. The molecule has 0 aliphatic carbocycles. The lowest BCUT2D eigenvalue weighted by Gasteiger charge is -2.34. The molecule has 1 amide bonds. The van der Waals surface area contributed by atoms with Gasteiger partial charge in [0, 0.05) is 18.7 Å². The number of carbonyl (C=O) groups is 1. The number of amides is 1. The van der Waals surface area contributed by atoms with Crippen LogP contribution in [-0.4, -0.2) is 36.7 Å². The van der Waals surface area contributed by atoms with E-state index in [1.165, 1.54) is 57.1 Å². The van der Waals surface area contributed by atoms with Gasteiger partial charge in [-0.1, -0.05) is 31.3 Å². The molecule has 36 heavy (non-hydrogen) atoms. The lowest BCUT2D eigenvalue weighted by atomic mass is 9.94. The molecule has 10 heteroatoms. The van der Waals surface area contributed by atoms with Crippen molar-refractivity contribution >= 4 is 42.6 Å². The fourth-order valence-corrected chi connectivity index (χ4v) is 7.34. The Morgan fingerprint density at radius 3 is 2.47 bits per heavy atom. The molecule has 2 atom stereocenters. The van der Waals surface area contributed by atoms with Crippen LogP contribution < -0.4 is 4.90 Å². The predicted molar refractivity (Wildman–Crippen MR) is 137 cm³/mol. The highest BCUT2D eigenvalue weighted by Crippen LogP contribution is 2.32. The Bertz CT molecular complexity index is 1470. The third-order valence-electron chi connectivity index (χ3n) is 6.30. The fraction of sp³-hybridized carbons (Fsp3) is 0.308. The van der Waals surface area contributed by atoms with E-state index in [4.69, 9.17) is 4.42 Å². The van der Waals surface area contributed by atoms with Crippen molar-refractivity contribution in [3.8, 4) is 0 Å². The quantitative estimate of drug-likeness (QED) is 0.329. The van der Waals surface area contributed by atoms with Crippen LogP contribution in [0.5, 0.6) is 0 Å². The molecule has 5 rings (SSSR count). The number of anilines is 1. The summed E-state index contributed by atoms with van der Waals surface area (Å²) in [5.41, 5.74) is 0.488. The first-order chi connectivity index (χ1) is 17.2. The molecule has 1 saturated heterocycles. The van der Waals surface area contributed by atoms with E-state index in [2.05, 4.69) is 18.8 Å². The Balaban J connectivity index is 1.45. The molecule has 0 spiro atoms. The summed E-state index contributed by atoms with van der Waals surface area (Å²) in [6.45, 7) is 5.18. The van der Waals surface area contributed by atoms with Gasteiger partial charge in [0.05, 0.1) is 22.4 Å². The van der Waals surface area contributed by atoms with Crippen molar-refractivity contribution in [2.45, 2.75) is 31.7 Å². The van der Waals surface area contributed by atoms with Gasteiger partial charge in [0.2, 0.25) is 10.0 Å². The summed E-state index contributed by atoms with van der Waals surface area (Å²) in [5, 5.41) is 0.324. The molecule has 2 unspecified atom stereocenters. The minimum atomic E-state index is -3.66. The molecule has 4 aromatic rings. The van der Waals surface area contributed by atoms with Crippen LogP contribution in [0.2, 0.25) is 0 Å². The molecular formula is C26H26FN3O4S2. The first-order valence-corrected chi connectivity index (χ1v) is 14.0. The number of carbonyl (C=O) groups excluding carboxylic acids is 1. The predicted octanol–water partition coefficient (Wildman–Crippen LogP) is 5.54. The zero-order valence-corrected chi connectivity index (χ0v) is 21.6. The second-order valence-corrected chi connectivity index (χ2v) is 12.3. The van der Waals surface area contributed by atoms with Crippen molar-refractivity contribution in [1.29, 1.82) is 0 Å². The lowest BCUT2D eigenvalue weighted by molar-refractivity contribution is 0.0983. The van der Waals surface area contributed by atoms with Gasteiger partial charge in [-0.05, 0) is 66.8 Å². The van der Waals surface area contributed by atoms with Crippen molar-refractivity contribution in [2.75, 3.05) is 18.0 Å². The number of piperidine rings is 1. The van der Waals surface area contributed by atoms with Crippen molar-refractivity contribution < 1.29 is 22.0 Å². The van der Waals surface area contributed by atoms with Crippen LogP contribution in [0.1, 0.15) is 36.4 Å². The van der Waals surface area contributed by atoms with Gasteiger partial charge in [0.25, 0.3) is 5.91 Å². The molecule has 0 N–H and O–H groups in total. The van der Waals surface area contributed by atoms with Crippen molar-refractivity contribution in [3.63, 3.8) is 0 Å². The molecule has 1 aliphatic rings. The van der Waals surface area contributed by atoms with E-state index in [1.54, 1.807) is 24.3 Å². The minimum Gasteiger partial charge on any atom is -0.467 e. The number of nitrogens with zero attached hydrogens (tertiary/aromatic N) is 3. The van der Waals surface area contributed by atoms with Gasteiger partial charge in [0.15, 0.2) is 5.13 Å². The van der Waals surface area contributed by atoms with Crippen LogP contribution in [0.3, 0.4) is 0 Å². The highest BCUT2D eigenvalue weighted by atomic mass is 32.2. The van der Waals surface area contributed by atoms with E-state index < -0.39 is 21.7 Å². The Labute approximate surface area is 213 Å². The maximum atomic E-state index is 14.3. The Kier molecular flexibility index (Phi) is 6.67. The number of aromatic nitrogens is 1. The van der Waals surface area contributed by atoms with Crippen molar-refractivity contribution in [1.82, 2.24) is 9.29 Å². The van der Waals surface area contributed by atoms with Gasteiger partial charge < -0.3 is 4.42 Å². The zero-order chi connectivity index (χ0) is 25.4. The monoisotopic (exact) mass is 527 g/mol. The molecule has 0 bridgehead atoms. The first kappa shape index (κ1) is 24.6. The number of thiazole rings is 1. The molecule has 7 nitrogen and oxygen atoms in total. The second kappa shape index (κ2) is 9.76. The van der Waals surface area contributed by atoms with Crippen LogP contribution in [0, 0.1) is 17.7 Å². The lowest BCUT2D eigenvalue weighted by Crippen LogP contribution is -2.42. The summed E-state index contributed by atoms with van der Waals surface area (Å²) < 4.78 is 48.3. The van der Waals surface area contributed by atoms with Gasteiger partial charge in [-0.25, -0.2) is 17.8 Å². The molecule has 3 heterocycles. The molecule has 1 aliphatic heterocycles. The van der Waals surface area contributed by atoms with Crippen LogP contribution in [0.25, 0.3) is 10.2 Å². The second-order valence-electron chi connectivity index (χ2n) is 9.35. The topological polar surface area (TPSA) is 83.7 Å². The Morgan fingerprint density at radius 2 is 1.83 bits per heavy atom. The minimum absolute atomic E-state index is 0.0941. The summed E-state index contributed by atoms with van der Waals surface area (Å²) in [6, 6.07) is 14.1. The first-order valence-electron chi connectivity index (χ1n) is 11.7. The van der Waals surface area contributed by atoms with Crippen molar-refractivity contribution in [2.24, 2.45) is 11.8 Å². The smallest absolute Gasteiger partial charge is 0.260 e. The van der Waals surface area contributed by atoms with E-state index in [0.29, 0.717) is 34.2 Å². The summed E-state index contributed by atoms with van der Waals surface area (Å²) >= 11 is 1.20. The van der Waals surface area contributed by atoms with Crippen LogP contribution in [-0.2, 0) is 16.6 Å². The molecule has 1 fully saturated rings. The maximum absolute atomic E-state index is 14.3. The van der Waals surface area contributed by atoms with Crippen LogP contribution in [0.4, 0.5) is 9.52 Å². The normalized spacial score (nSPS) is 19.0. The Morgan fingerprint density at radius 1 is 1.11 bits per heavy atom. The maximum Gasteiger partial charge on any atom is 0.260 e. The number of halogens is 1. The average molecular weight is 528 g/mol. The van der Waals surface area contributed by atoms with Gasteiger partial charge in [-0.2, -0.15) is 4.31 Å². The number of benzene rings is 2. The Hall–Kier alpha value is -3.08. The summed E-state index contributed by atoms with van der Waals surface area (Å²) in [4.78, 5) is 19.5. The molecule has 0 saturated carbocycles. The summed E-state index contributed by atoms with van der Waals surface area (Å²) in [5.74, 6) is 0.262. The zero-order valence-electron chi connectivity index (χ0n) is 19.9.